The van der Waals surface area contributed by atoms with Gasteiger partial charge >= 0.3 is 6.09 Å². The minimum Gasteiger partial charge on any atom is -0.444 e. The Bertz CT molecular complexity index is 447. The van der Waals surface area contributed by atoms with Crippen LogP contribution in [-0.2, 0) is 9.57 Å². The van der Waals surface area contributed by atoms with Gasteiger partial charge in [-0.1, -0.05) is 6.92 Å². The van der Waals surface area contributed by atoms with Crippen molar-refractivity contribution in [3.63, 3.8) is 0 Å². The van der Waals surface area contributed by atoms with Gasteiger partial charge in [0.1, 0.15) is 5.60 Å². The van der Waals surface area contributed by atoms with Crippen LogP contribution in [-0.4, -0.2) is 53.2 Å². The molecule has 1 saturated heterocycles. The SMILES string of the molecule is CC/C(C)=N\N(OCC1CC1)C1CCN(C(=O)OC(C)(C)C)CC1. The Morgan fingerprint density at radius 2 is 1.83 bits per heavy atom. The van der Waals surface area contributed by atoms with Crippen LogP contribution >= 0.6 is 0 Å². The summed E-state index contributed by atoms with van der Waals surface area (Å²) in [7, 11) is 0. The van der Waals surface area contributed by atoms with E-state index in [9.17, 15) is 4.79 Å². The maximum Gasteiger partial charge on any atom is 0.410 e. The topological polar surface area (TPSA) is 54.4 Å². The number of carbonyl (C=O) groups excluding carboxylic acids is 1. The summed E-state index contributed by atoms with van der Waals surface area (Å²) >= 11 is 0. The molecule has 1 heterocycles. The van der Waals surface area contributed by atoms with Crippen molar-refractivity contribution in [1.82, 2.24) is 10.1 Å². The van der Waals surface area contributed by atoms with Crippen molar-refractivity contribution in [2.24, 2.45) is 11.0 Å². The van der Waals surface area contributed by atoms with Gasteiger partial charge in [0.05, 0.1) is 12.6 Å². The average molecular weight is 339 g/mol. The highest BCUT2D eigenvalue weighted by Crippen LogP contribution is 2.30. The molecule has 0 aromatic carbocycles. The summed E-state index contributed by atoms with van der Waals surface area (Å²) < 4.78 is 5.46. The van der Waals surface area contributed by atoms with Crippen molar-refractivity contribution in [3.05, 3.63) is 0 Å². The second kappa shape index (κ2) is 8.19. The van der Waals surface area contributed by atoms with Crippen LogP contribution in [0.4, 0.5) is 4.79 Å². The zero-order valence-corrected chi connectivity index (χ0v) is 15.9. The summed E-state index contributed by atoms with van der Waals surface area (Å²) in [6, 6.07) is 0.226. The minimum atomic E-state index is -0.449. The third-order valence-corrected chi connectivity index (χ3v) is 4.35. The lowest BCUT2D eigenvalue weighted by Crippen LogP contribution is -2.47. The van der Waals surface area contributed by atoms with Crippen LogP contribution < -0.4 is 0 Å². The van der Waals surface area contributed by atoms with Crippen LogP contribution in [0, 0.1) is 5.92 Å². The van der Waals surface area contributed by atoms with Gasteiger partial charge < -0.3 is 9.64 Å². The quantitative estimate of drug-likeness (QED) is 0.545. The maximum atomic E-state index is 12.2. The fraction of sp³-hybridized carbons (Fsp3) is 0.889. The van der Waals surface area contributed by atoms with E-state index in [1.807, 2.05) is 32.9 Å². The van der Waals surface area contributed by atoms with Gasteiger partial charge in [-0.15, -0.1) is 0 Å². The first kappa shape index (κ1) is 19.0. The summed E-state index contributed by atoms with van der Waals surface area (Å²) in [5.74, 6) is 0.700. The third kappa shape index (κ3) is 6.30. The summed E-state index contributed by atoms with van der Waals surface area (Å²) in [5, 5.41) is 6.45. The lowest BCUT2D eigenvalue weighted by atomic mass is 10.1. The van der Waals surface area contributed by atoms with E-state index in [1.165, 1.54) is 12.8 Å². The van der Waals surface area contributed by atoms with Gasteiger partial charge in [-0.3, -0.25) is 4.84 Å². The molecule has 1 aliphatic heterocycles. The van der Waals surface area contributed by atoms with Crippen molar-refractivity contribution in [1.29, 1.82) is 0 Å². The van der Waals surface area contributed by atoms with Gasteiger partial charge in [-0.25, -0.2) is 4.79 Å². The highest BCUT2D eigenvalue weighted by Gasteiger charge is 2.31. The Balaban J connectivity index is 1.87. The molecule has 2 fully saturated rings. The molecule has 2 rings (SSSR count). The Hall–Kier alpha value is -1.30. The van der Waals surface area contributed by atoms with E-state index in [4.69, 9.17) is 9.57 Å². The molecule has 0 bridgehead atoms. The number of hydroxylamine groups is 1. The second-order valence-corrected chi connectivity index (χ2v) is 7.93. The zero-order chi connectivity index (χ0) is 17.7. The molecule has 0 N–H and O–H groups in total. The molecule has 24 heavy (non-hydrogen) atoms. The minimum absolute atomic E-state index is 0.223. The Labute approximate surface area is 146 Å². The average Bonchev–Trinajstić information content (AvgIpc) is 3.34. The monoisotopic (exact) mass is 339 g/mol. The van der Waals surface area contributed by atoms with Crippen LogP contribution in [0.1, 0.15) is 66.7 Å². The number of carbonyl (C=O) groups is 1. The molecular formula is C18H33N3O3. The smallest absolute Gasteiger partial charge is 0.410 e. The first-order valence-electron chi connectivity index (χ1n) is 9.22. The standard InChI is InChI=1S/C18H33N3O3/c1-6-14(2)19-21(23-13-15-7-8-15)16-9-11-20(12-10-16)17(22)24-18(3,4)5/h15-16H,6-13H2,1-5H3/b19-14-. The number of hydrogen-bond donors (Lipinski definition) is 0. The van der Waals surface area contributed by atoms with Crippen molar-refractivity contribution in [2.45, 2.75) is 78.4 Å². The fourth-order valence-corrected chi connectivity index (χ4v) is 2.52. The number of ether oxygens (including phenoxy) is 1. The van der Waals surface area contributed by atoms with Gasteiger partial charge in [0.25, 0.3) is 0 Å². The van der Waals surface area contributed by atoms with E-state index in [0.29, 0.717) is 19.0 Å². The molecule has 138 valence electrons. The Kier molecular flexibility index (Phi) is 6.49. The molecule has 0 atom stereocenters. The van der Waals surface area contributed by atoms with E-state index in [-0.39, 0.29) is 12.1 Å². The summed E-state index contributed by atoms with van der Waals surface area (Å²) in [4.78, 5) is 19.9. The van der Waals surface area contributed by atoms with Crippen molar-refractivity contribution in [2.75, 3.05) is 19.7 Å². The first-order valence-corrected chi connectivity index (χ1v) is 9.22. The summed E-state index contributed by atoms with van der Waals surface area (Å²) in [5.41, 5.74) is 0.621. The normalized spacial score (nSPS) is 20.2. The number of likely N-dealkylation sites (tertiary alicyclic amines) is 1. The number of hydrazone groups is 1. The molecule has 0 unspecified atom stereocenters. The van der Waals surface area contributed by atoms with Crippen molar-refractivity contribution < 1.29 is 14.4 Å². The van der Waals surface area contributed by atoms with Gasteiger partial charge in [-0.2, -0.15) is 10.3 Å². The van der Waals surface area contributed by atoms with Crippen LogP contribution in [0.5, 0.6) is 0 Å². The van der Waals surface area contributed by atoms with Crippen LogP contribution in [0.3, 0.4) is 0 Å². The molecule has 6 heteroatoms. The molecule has 1 saturated carbocycles. The van der Waals surface area contributed by atoms with Crippen LogP contribution in [0.15, 0.2) is 5.10 Å². The predicted octanol–water partition coefficient (Wildman–Crippen LogP) is 3.82. The molecule has 0 radical (unpaired) electrons. The fourth-order valence-electron chi connectivity index (χ4n) is 2.52. The predicted molar refractivity (Wildman–Crippen MR) is 94.7 cm³/mol. The van der Waals surface area contributed by atoms with E-state index in [0.717, 1.165) is 31.6 Å². The largest absolute Gasteiger partial charge is 0.444 e. The zero-order valence-electron chi connectivity index (χ0n) is 15.9. The number of nitrogens with zero attached hydrogens (tertiary/aromatic N) is 3. The molecule has 6 nitrogen and oxygen atoms in total. The number of piperidine rings is 1. The summed E-state index contributed by atoms with van der Waals surface area (Å²) in [6.07, 6.45) is 4.93. The Morgan fingerprint density at radius 1 is 1.21 bits per heavy atom. The number of rotatable bonds is 6. The highest BCUT2D eigenvalue weighted by atomic mass is 16.7. The molecule has 0 spiro atoms. The molecule has 2 aliphatic rings. The third-order valence-electron chi connectivity index (χ3n) is 4.35. The van der Waals surface area contributed by atoms with Crippen LogP contribution in [0.25, 0.3) is 0 Å². The van der Waals surface area contributed by atoms with E-state index >= 15 is 0 Å². The van der Waals surface area contributed by atoms with Crippen molar-refractivity contribution >= 4 is 11.8 Å². The van der Waals surface area contributed by atoms with Gasteiger partial charge in [0, 0.05) is 18.8 Å². The van der Waals surface area contributed by atoms with Gasteiger partial charge in [-0.05, 0) is 65.7 Å². The van der Waals surface area contributed by atoms with E-state index in [2.05, 4.69) is 12.0 Å². The summed E-state index contributed by atoms with van der Waals surface area (Å²) in [6.45, 7) is 11.9. The van der Waals surface area contributed by atoms with Crippen LogP contribution in [0.2, 0.25) is 0 Å². The van der Waals surface area contributed by atoms with E-state index < -0.39 is 5.60 Å². The van der Waals surface area contributed by atoms with Crippen molar-refractivity contribution in [3.8, 4) is 0 Å². The molecule has 0 aromatic heterocycles. The molecule has 0 aromatic rings. The number of hydrogen-bond acceptors (Lipinski definition) is 5. The number of amides is 1. The maximum absolute atomic E-state index is 12.2. The lowest BCUT2D eigenvalue weighted by molar-refractivity contribution is -0.197. The first-order chi connectivity index (χ1) is 11.3. The Morgan fingerprint density at radius 3 is 2.33 bits per heavy atom. The molecule has 1 amide bonds. The van der Waals surface area contributed by atoms with Gasteiger partial charge in [0.2, 0.25) is 0 Å². The molecule has 1 aliphatic carbocycles. The molecular weight excluding hydrogens is 306 g/mol. The van der Waals surface area contributed by atoms with E-state index in [1.54, 1.807) is 4.90 Å². The highest BCUT2D eigenvalue weighted by molar-refractivity contribution is 5.81. The second-order valence-electron chi connectivity index (χ2n) is 7.93. The lowest BCUT2D eigenvalue weighted by Gasteiger charge is -2.37. The van der Waals surface area contributed by atoms with Gasteiger partial charge in [0.15, 0.2) is 0 Å².